The summed E-state index contributed by atoms with van der Waals surface area (Å²) >= 11 is 0. The van der Waals surface area contributed by atoms with E-state index in [4.69, 9.17) is 4.74 Å². The van der Waals surface area contributed by atoms with Gasteiger partial charge in [0.1, 0.15) is 11.4 Å². The summed E-state index contributed by atoms with van der Waals surface area (Å²) in [5.74, 6) is 1.03. The van der Waals surface area contributed by atoms with Gasteiger partial charge < -0.3 is 15.0 Å². The van der Waals surface area contributed by atoms with Gasteiger partial charge in [-0.1, -0.05) is 18.2 Å². The van der Waals surface area contributed by atoms with Gasteiger partial charge in [0.25, 0.3) is 0 Å². The predicted octanol–water partition coefficient (Wildman–Crippen LogP) is 2.58. The van der Waals surface area contributed by atoms with Crippen LogP contribution in [-0.2, 0) is 6.42 Å². The lowest BCUT2D eigenvalue weighted by atomic mass is 9.83. The van der Waals surface area contributed by atoms with Gasteiger partial charge >= 0.3 is 6.03 Å². The number of benzene rings is 1. The van der Waals surface area contributed by atoms with E-state index in [-0.39, 0.29) is 11.6 Å². The molecule has 2 aliphatic heterocycles. The lowest BCUT2D eigenvalue weighted by molar-refractivity contribution is -0.00545. The molecule has 1 spiro atoms. The highest BCUT2D eigenvalue weighted by Crippen LogP contribution is 2.39. The normalized spacial score (nSPS) is 20.1. The maximum atomic E-state index is 11.8. The van der Waals surface area contributed by atoms with Crippen molar-refractivity contribution in [2.24, 2.45) is 0 Å². The van der Waals surface area contributed by atoms with Gasteiger partial charge in [-0.15, -0.1) is 0 Å². The molecular formula is C16H22N2O2. The number of fused-ring (bicyclic) bond motifs is 1. The van der Waals surface area contributed by atoms with Crippen LogP contribution in [0.15, 0.2) is 24.3 Å². The quantitative estimate of drug-likeness (QED) is 0.855. The number of nitrogens with one attached hydrogen (secondary N) is 1. The van der Waals surface area contributed by atoms with E-state index >= 15 is 0 Å². The molecule has 0 radical (unpaired) electrons. The number of likely N-dealkylation sites (tertiary alicyclic amines) is 1. The van der Waals surface area contributed by atoms with Crippen LogP contribution in [0.4, 0.5) is 4.79 Å². The Balaban J connectivity index is 1.65. The zero-order chi connectivity index (χ0) is 14.0. The second kappa shape index (κ2) is 5.35. The molecule has 0 aromatic heterocycles. The molecule has 4 nitrogen and oxygen atoms in total. The van der Waals surface area contributed by atoms with E-state index < -0.39 is 0 Å². The third kappa shape index (κ3) is 2.47. The molecule has 0 aliphatic carbocycles. The molecule has 20 heavy (non-hydrogen) atoms. The van der Waals surface area contributed by atoms with Gasteiger partial charge in [0.05, 0.1) is 0 Å². The molecule has 2 heterocycles. The second-order valence-corrected chi connectivity index (χ2v) is 5.72. The number of nitrogens with zero attached hydrogens (tertiary/aromatic N) is 1. The van der Waals surface area contributed by atoms with Crippen molar-refractivity contribution in [2.45, 2.75) is 38.2 Å². The van der Waals surface area contributed by atoms with Gasteiger partial charge in [0, 0.05) is 32.5 Å². The Bertz CT molecular complexity index is 493. The molecule has 2 amide bonds. The number of piperidine rings is 1. The number of amides is 2. The van der Waals surface area contributed by atoms with Crippen molar-refractivity contribution < 1.29 is 9.53 Å². The van der Waals surface area contributed by atoms with E-state index in [9.17, 15) is 4.79 Å². The summed E-state index contributed by atoms with van der Waals surface area (Å²) in [6.45, 7) is 4.21. The number of para-hydroxylation sites is 1. The van der Waals surface area contributed by atoms with Crippen molar-refractivity contribution >= 4 is 6.03 Å². The first-order chi connectivity index (χ1) is 9.72. The molecule has 3 rings (SSSR count). The summed E-state index contributed by atoms with van der Waals surface area (Å²) < 4.78 is 6.29. The molecule has 1 fully saturated rings. The Labute approximate surface area is 120 Å². The molecule has 0 atom stereocenters. The number of carbonyl (C=O) groups is 1. The fourth-order valence-corrected chi connectivity index (χ4v) is 3.19. The molecule has 108 valence electrons. The first-order valence-corrected chi connectivity index (χ1v) is 7.52. The van der Waals surface area contributed by atoms with Gasteiger partial charge in [-0.2, -0.15) is 0 Å². The van der Waals surface area contributed by atoms with Crippen LogP contribution in [0, 0.1) is 0 Å². The summed E-state index contributed by atoms with van der Waals surface area (Å²) in [5.41, 5.74) is 1.25. The highest BCUT2D eigenvalue weighted by Gasteiger charge is 2.40. The summed E-state index contributed by atoms with van der Waals surface area (Å²) in [7, 11) is 0. The van der Waals surface area contributed by atoms with Crippen molar-refractivity contribution in [2.75, 3.05) is 19.6 Å². The number of ether oxygens (including phenoxy) is 1. The number of carbonyl (C=O) groups excluding carboxylic acids is 1. The lowest BCUT2D eigenvalue weighted by Gasteiger charge is -2.44. The third-order valence-corrected chi connectivity index (χ3v) is 4.44. The van der Waals surface area contributed by atoms with Crippen molar-refractivity contribution in [1.82, 2.24) is 10.2 Å². The van der Waals surface area contributed by atoms with E-state index in [1.54, 1.807) is 0 Å². The maximum Gasteiger partial charge on any atom is 0.317 e. The number of hydrogen-bond acceptors (Lipinski definition) is 2. The van der Waals surface area contributed by atoms with Crippen molar-refractivity contribution in [3.63, 3.8) is 0 Å². The minimum Gasteiger partial charge on any atom is -0.487 e. The maximum absolute atomic E-state index is 11.8. The Morgan fingerprint density at radius 3 is 2.80 bits per heavy atom. The lowest BCUT2D eigenvalue weighted by Crippen LogP contribution is -2.53. The standard InChI is InChI=1S/C16H22N2O2/c1-2-17-15(19)18-11-9-16(10-12-18)8-7-13-5-3-4-6-14(13)20-16/h3-6H,2,7-12H2,1H3,(H,17,19). The van der Waals surface area contributed by atoms with Gasteiger partial charge in [-0.3, -0.25) is 0 Å². The molecule has 1 N–H and O–H groups in total. The molecule has 2 aliphatic rings. The number of urea groups is 1. The SMILES string of the molecule is CCNC(=O)N1CCC2(CCc3ccccc3O2)CC1. The Morgan fingerprint density at radius 2 is 2.05 bits per heavy atom. The van der Waals surface area contributed by atoms with Crippen LogP contribution in [0.25, 0.3) is 0 Å². The monoisotopic (exact) mass is 274 g/mol. The van der Waals surface area contributed by atoms with Crippen molar-refractivity contribution in [1.29, 1.82) is 0 Å². The van der Waals surface area contributed by atoms with Crippen LogP contribution in [0.2, 0.25) is 0 Å². The van der Waals surface area contributed by atoms with Gasteiger partial charge in [-0.05, 0) is 31.4 Å². The second-order valence-electron chi connectivity index (χ2n) is 5.72. The first kappa shape index (κ1) is 13.3. The minimum atomic E-state index is -0.0582. The number of rotatable bonds is 1. The van der Waals surface area contributed by atoms with Gasteiger partial charge in [-0.25, -0.2) is 4.79 Å². The average molecular weight is 274 g/mol. The minimum absolute atomic E-state index is 0.0542. The van der Waals surface area contributed by atoms with Crippen LogP contribution < -0.4 is 10.1 Å². The summed E-state index contributed by atoms with van der Waals surface area (Å²) in [6.07, 6.45) is 4.00. The van der Waals surface area contributed by atoms with E-state index in [1.807, 2.05) is 17.9 Å². The predicted molar refractivity (Wildman–Crippen MR) is 78.0 cm³/mol. The Hall–Kier alpha value is -1.71. The number of aryl methyl sites for hydroxylation is 1. The van der Waals surface area contributed by atoms with Gasteiger partial charge in [0.15, 0.2) is 0 Å². The van der Waals surface area contributed by atoms with Crippen LogP contribution in [0.3, 0.4) is 0 Å². The third-order valence-electron chi connectivity index (χ3n) is 4.44. The molecule has 1 aromatic carbocycles. The highest BCUT2D eigenvalue weighted by molar-refractivity contribution is 5.74. The topological polar surface area (TPSA) is 41.6 Å². The average Bonchev–Trinajstić information content (AvgIpc) is 2.48. The van der Waals surface area contributed by atoms with Crippen LogP contribution in [0.1, 0.15) is 31.7 Å². The van der Waals surface area contributed by atoms with Crippen LogP contribution >= 0.6 is 0 Å². The molecular weight excluding hydrogens is 252 g/mol. The molecule has 4 heteroatoms. The number of hydrogen-bond donors (Lipinski definition) is 1. The zero-order valence-corrected chi connectivity index (χ0v) is 12.0. The van der Waals surface area contributed by atoms with Crippen molar-refractivity contribution in [3.05, 3.63) is 29.8 Å². The first-order valence-electron chi connectivity index (χ1n) is 7.52. The van der Waals surface area contributed by atoms with Crippen molar-refractivity contribution in [3.8, 4) is 5.75 Å². The Morgan fingerprint density at radius 1 is 1.30 bits per heavy atom. The van der Waals surface area contributed by atoms with E-state index in [0.29, 0.717) is 6.54 Å². The van der Waals surface area contributed by atoms with Gasteiger partial charge in [0.2, 0.25) is 0 Å². The molecule has 1 aromatic rings. The van der Waals surface area contributed by atoms with Crippen LogP contribution in [0.5, 0.6) is 5.75 Å². The smallest absolute Gasteiger partial charge is 0.317 e. The molecule has 1 saturated heterocycles. The van der Waals surface area contributed by atoms with Crippen LogP contribution in [-0.4, -0.2) is 36.2 Å². The largest absolute Gasteiger partial charge is 0.487 e. The molecule has 0 saturated carbocycles. The Kier molecular flexibility index (Phi) is 3.55. The zero-order valence-electron chi connectivity index (χ0n) is 12.0. The fraction of sp³-hybridized carbons (Fsp3) is 0.562. The summed E-state index contributed by atoms with van der Waals surface area (Å²) in [5, 5.41) is 2.87. The van der Waals surface area contributed by atoms with E-state index in [2.05, 4.69) is 23.5 Å². The highest BCUT2D eigenvalue weighted by atomic mass is 16.5. The van der Waals surface area contributed by atoms with E-state index in [0.717, 1.165) is 44.5 Å². The van der Waals surface area contributed by atoms with E-state index in [1.165, 1.54) is 5.56 Å². The summed E-state index contributed by atoms with van der Waals surface area (Å²) in [6, 6.07) is 8.36. The molecule has 0 bridgehead atoms. The molecule has 0 unspecified atom stereocenters. The summed E-state index contributed by atoms with van der Waals surface area (Å²) in [4.78, 5) is 13.7. The fourth-order valence-electron chi connectivity index (χ4n) is 3.19.